The molecular formula is C25H34F2N4O4S. The van der Waals surface area contributed by atoms with Crippen LogP contribution in [0.2, 0.25) is 0 Å². The van der Waals surface area contributed by atoms with Crippen molar-refractivity contribution in [3.63, 3.8) is 0 Å². The van der Waals surface area contributed by atoms with Crippen molar-refractivity contribution < 1.29 is 26.8 Å². The van der Waals surface area contributed by atoms with Gasteiger partial charge in [0, 0.05) is 26.7 Å². The number of carbonyl (C=O) groups is 2. The molecule has 1 N–H and O–H groups in total. The first kappa shape index (κ1) is 29.2. The van der Waals surface area contributed by atoms with Crippen molar-refractivity contribution in [1.29, 1.82) is 0 Å². The Hall–Kier alpha value is -3.05. The molecule has 36 heavy (non-hydrogen) atoms. The van der Waals surface area contributed by atoms with Gasteiger partial charge in [-0.05, 0) is 49.6 Å². The highest BCUT2D eigenvalue weighted by atomic mass is 32.2. The van der Waals surface area contributed by atoms with Crippen molar-refractivity contribution >= 4 is 27.7 Å². The van der Waals surface area contributed by atoms with E-state index >= 15 is 0 Å². The van der Waals surface area contributed by atoms with E-state index in [-0.39, 0.29) is 24.7 Å². The number of nitrogens with one attached hydrogen (secondary N) is 1. The van der Waals surface area contributed by atoms with Gasteiger partial charge in [0.25, 0.3) is 0 Å². The summed E-state index contributed by atoms with van der Waals surface area (Å²) < 4.78 is 55.9. The van der Waals surface area contributed by atoms with Crippen LogP contribution in [0.15, 0.2) is 48.5 Å². The quantitative estimate of drug-likeness (QED) is 0.461. The monoisotopic (exact) mass is 524 g/mol. The van der Waals surface area contributed by atoms with E-state index in [0.717, 1.165) is 10.4 Å². The Bertz CT molecular complexity index is 1140. The Kier molecular flexibility index (Phi) is 10.4. The summed E-state index contributed by atoms with van der Waals surface area (Å²) in [6.45, 7) is 4.66. The molecule has 0 aliphatic rings. The molecule has 0 spiro atoms. The summed E-state index contributed by atoms with van der Waals surface area (Å²) in [5.41, 5.74) is 0.255. The Labute approximate surface area is 212 Å². The molecule has 0 aliphatic heterocycles. The molecule has 0 unspecified atom stereocenters. The fourth-order valence-electron chi connectivity index (χ4n) is 3.50. The normalized spacial score (nSPS) is 13.2. The number of benzene rings is 2. The number of halogens is 2. The second-order valence-electron chi connectivity index (χ2n) is 8.64. The molecule has 2 amide bonds. The van der Waals surface area contributed by atoms with Gasteiger partial charge in [-0.1, -0.05) is 38.1 Å². The molecule has 2 atom stereocenters. The SMILES string of the molecule is CC[C@@H](C)NC(=O)[C@@H](CC)N(Cc1ccc(F)cc1)C(=O)CN(c1ccccc1F)S(=O)(=O)N(C)C. The van der Waals surface area contributed by atoms with Gasteiger partial charge in [0.2, 0.25) is 11.8 Å². The molecule has 2 aromatic carbocycles. The summed E-state index contributed by atoms with van der Waals surface area (Å²) in [7, 11) is -1.72. The van der Waals surface area contributed by atoms with E-state index in [9.17, 15) is 26.8 Å². The molecule has 0 saturated carbocycles. The zero-order valence-electron chi connectivity index (χ0n) is 21.2. The largest absolute Gasteiger partial charge is 0.352 e. The van der Waals surface area contributed by atoms with Crippen molar-refractivity contribution in [3.05, 3.63) is 65.7 Å². The average Bonchev–Trinajstić information content (AvgIpc) is 2.83. The van der Waals surface area contributed by atoms with Gasteiger partial charge in [-0.3, -0.25) is 9.59 Å². The smallest absolute Gasteiger partial charge is 0.304 e. The van der Waals surface area contributed by atoms with E-state index in [1.807, 2.05) is 13.8 Å². The molecule has 0 fully saturated rings. The lowest BCUT2D eigenvalue weighted by Gasteiger charge is -2.34. The van der Waals surface area contributed by atoms with Gasteiger partial charge < -0.3 is 10.2 Å². The summed E-state index contributed by atoms with van der Waals surface area (Å²) in [6.07, 6.45) is 0.922. The lowest BCUT2D eigenvalue weighted by atomic mass is 10.1. The van der Waals surface area contributed by atoms with Crippen LogP contribution in [0.1, 0.15) is 39.2 Å². The third-order valence-electron chi connectivity index (χ3n) is 5.79. The summed E-state index contributed by atoms with van der Waals surface area (Å²) in [6, 6.07) is 9.62. The molecule has 11 heteroatoms. The number of carbonyl (C=O) groups excluding carboxylic acids is 2. The van der Waals surface area contributed by atoms with E-state index < -0.39 is 46.2 Å². The number of rotatable bonds is 12. The number of amides is 2. The number of hydrogen-bond acceptors (Lipinski definition) is 4. The van der Waals surface area contributed by atoms with Crippen molar-refractivity contribution in [2.45, 2.75) is 52.2 Å². The maximum Gasteiger partial charge on any atom is 0.304 e. The van der Waals surface area contributed by atoms with Crippen LogP contribution in [0.3, 0.4) is 0 Å². The Morgan fingerprint density at radius 1 is 0.972 bits per heavy atom. The standard InChI is InChI=1S/C25H34F2N4O4S/c1-6-18(3)28-25(33)22(7-2)30(16-19-12-14-20(26)15-13-19)24(32)17-31(36(34,35)29(4)5)23-11-9-8-10-21(23)27/h8-15,18,22H,6-7,16-17H2,1-5H3,(H,28,33)/t18-,22-/m1/s1. The summed E-state index contributed by atoms with van der Waals surface area (Å²) in [5, 5.41) is 2.86. The minimum atomic E-state index is -4.27. The highest BCUT2D eigenvalue weighted by Gasteiger charge is 2.34. The Morgan fingerprint density at radius 3 is 2.11 bits per heavy atom. The third kappa shape index (κ3) is 7.23. The number of nitrogens with zero attached hydrogens (tertiary/aromatic N) is 3. The van der Waals surface area contributed by atoms with Crippen molar-refractivity contribution in [2.75, 3.05) is 24.9 Å². The van der Waals surface area contributed by atoms with E-state index in [1.54, 1.807) is 6.92 Å². The van der Waals surface area contributed by atoms with Crippen LogP contribution in [-0.2, 0) is 26.3 Å². The topological polar surface area (TPSA) is 90.0 Å². The zero-order chi connectivity index (χ0) is 27.0. The van der Waals surface area contributed by atoms with Crippen molar-refractivity contribution in [2.24, 2.45) is 0 Å². The van der Waals surface area contributed by atoms with Gasteiger partial charge in [0.1, 0.15) is 24.2 Å². The lowest BCUT2D eigenvalue weighted by Crippen LogP contribution is -2.54. The molecule has 198 valence electrons. The Morgan fingerprint density at radius 2 is 1.58 bits per heavy atom. The van der Waals surface area contributed by atoms with Crippen LogP contribution in [0.25, 0.3) is 0 Å². The first-order valence-corrected chi connectivity index (χ1v) is 13.1. The van der Waals surface area contributed by atoms with Crippen LogP contribution >= 0.6 is 0 Å². The van der Waals surface area contributed by atoms with Gasteiger partial charge in [-0.15, -0.1) is 0 Å². The highest BCUT2D eigenvalue weighted by Crippen LogP contribution is 2.24. The number of hydrogen-bond donors (Lipinski definition) is 1. The molecule has 0 saturated heterocycles. The second kappa shape index (κ2) is 12.8. The molecule has 0 aromatic heterocycles. The van der Waals surface area contributed by atoms with E-state index in [0.29, 0.717) is 16.3 Å². The van der Waals surface area contributed by atoms with Crippen LogP contribution in [0.4, 0.5) is 14.5 Å². The van der Waals surface area contributed by atoms with Crippen molar-refractivity contribution in [1.82, 2.24) is 14.5 Å². The third-order valence-corrected chi connectivity index (χ3v) is 7.60. The first-order chi connectivity index (χ1) is 16.9. The summed E-state index contributed by atoms with van der Waals surface area (Å²) in [4.78, 5) is 28.0. The molecule has 2 rings (SSSR count). The molecule has 8 nitrogen and oxygen atoms in total. The summed E-state index contributed by atoms with van der Waals surface area (Å²) in [5.74, 6) is -2.38. The molecule has 0 heterocycles. The molecular weight excluding hydrogens is 490 g/mol. The lowest BCUT2D eigenvalue weighted by molar-refractivity contribution is -0.140. The predicted molar refractivity (Wildman–Crippen MR) is 135 cm³/mol. The fourth-order valence-corrected chi connectivity index (χ4v) is 4.57. The van der Waals surface area contributed by atoms with Crippen LogP contribution in [-0.4, -0.2) is 62.2 Å². The maximum absolute atomic E-state index is 14.7. The second-order valence-corrected chi connectivity index (χ2v) is 10.7. The minimum Gasteiger partial charge on any atom is -0.352 e. The van der Waals surface area contributed by atoms with Gasteiger partial charge in [0.15, 0.2) is 0 Å². The fraction of sp³-hybridized carbons (Fsp3) is 0.440. The van der Waals surface area contributed by atoms with Gasteiger partial charge in [-0.25, -0.2) is 13.1 Å². The van der Waals surface area contributed by atoms with Gasteiger partial charge in [0.05, 0.1) is 5.69 Å². The Balaban J connectivity index is 2.51. The first-order valence-electron chi connectivity index (χ1n) is 11.7. The summed E-state index contributed by atoms with van der Waals surface area (Å²) >= 11 is 0. The zero-order valence-corrected chi connectivity index (χ0v) is 22.1. The van der Waals surface area contributed by atoms with Crippen molar-refractivity contribution in [3.8, 4) is 0 Å². The molecule has 0 radical (unpaired) electrons. The average molecular weight is 525 g/mol. The maximum atomic E-state index is 14.7. The van der Waals surface area contributed by atoms with Gasteiger partial charge in [-0.2, -0.15) is 12.7 Å². The number of anilines is 1. The minimum absolute atomic E-state index is 0.0708. The van der Waals surface area contributed by atoms with Crippen LogP contribution < -0.4 is 9.62 Å². The number of para-hydroxylation sites is 1. The van der Waals surface area contributed by atoms with Gasteiger partial charge >= 0.3 is 10.2 Å². The molecule has 2 aromatic rings. The predicted octanol–water partition coefficient (Wildman–Crippen LogP) is 3.30. The molecule has 0 aliphatic carbocycles. The highest BCUT2D eigenvalue weighted by molar-refractivity contribution is 7.90. The molecule has 0 bridgehead atoms. The van der Waals surface area contributed by atoms with Crippen LogP contribution in [0.5, 0.6) is 0 Å². The van der Waals surface area contributed by atoms with E-state index in [4.69, 9.17) is 0 Å². The van der Waals surface area contributed by atoms with E-state index in [2.05, 4.69) is 5.32 Å². The van der Waals surface area contributed by atoms with E-state index in [1.165, 1.54) is 61.5 Å². The van der Waals surface area contributed by atoms with Crippen LogP contribution in [0, 0.1) is 11.6 Å².